The second kappa shape index (κ2) is 8.80. The molecule has 1 aromatic heterocycles. The first kappa shape index (κ1) is 20.2. The summed E-state index contributed by atoms with van der Waals surface area (Å²) in [6, 6.07) is 9.67. The van der Waals surface area contributed by atoms with Gasteiger partial charge in [0.2, 0.25) is 5.95 Å². The number of benzene rings is 1. The Morgan fingerprint density at radius 2 is 2.03 bits per heavy atom. The molecule has 3 atom stereocenters. The Balaban J connectivity index is 1.37. The van der Waals surface area contributed by atoms with Crippen molar-refractivity contribution < 1.29 is 9.53 Å². The predicted molar refractivity (Wildman–Crippen MR) is 118 cm³/mol. The van der Waals surface area contributed by atoms with E-state index >= 15 is 0 Å². The van der Waals surface area contributed by atoms with E-state index in [1.807, 2.05) is 41.4 Å². The van der Waals surface area contributed by atoms with Crippen molar-refractivity contribution in [3.63, 3.8) is 0 Å². The van der Waals surface area contributed by atoms with Gasteiger partial charge in [-0.2, -0.15) is 0 Å². The summed E-state index contributed by atoms with van der Waals surface area (Å²) >= 11 is 0. The molecule has 3 aliphatic rings. The third-order valence-corrected chi connectivity index (χ3v) is 6.75. The molecule has 0 bridgehead atoms. The second-order valence-electron chi connectivity index (χ2n) is 8.57. The molecule has 164 valence electrons. The lowest BCUT2D eigenvalue weighted by molar-refractivity contribution is 0.0704. The number of ether oxygens (including phenoxy) is 1. The van der Waals surface area contributed by atoms with Crippen molar-refractivity contribution in [3.8, 4) is 5.75 Å². The zero-order valence-electron chi connectivity index (χ0n) is 18.0. The summed E-state index contributed by atoms with van der Waals surface area (Å²) in [5.74, 6) is 1.79. The van der Waals surface area contributed by atoms with E-state index in [-0.39, 0.29) is 23.9 Å². The average Bonchev–Trinajstić information content (AvgIpc) is 3.59. The van der Waals surface area contributed by atoms with Gasteiger partial charge in [0.1, 0.15) is 5.75 Å². The summed E-state index contributed by atoms with van der Waals surface area (Å²) in [5, 5.41) is 0. The summed E-state index contributed by atoms with van der Waals surface area (Å²) in [7, 11) is 1.62. The number of hydrazine groups is 1. The highest BCUT2D eigenvalue weighted by molar-refractivity contribution is 5.95. The summed E-state index contributed by atoms with van der Waals surface area (Å²) in [5.41, 5.74) is 8.49. The Morgan fingerprint density at radius 1 is 1.16 bits per heavy atom. The van der Waals surface area contributed by atoms with Gasteiger partial charge in [0.25, 0.3) is 5.91 Å². The first-order valence-electron chi connectivity index (χ1n) is 11.3. The van der Waals surface area contributed by atoms with E-state index in [1.54, 1.807) is 7.11 Å². The number of carbonyl (C=O) groups excluding carboxylic acids is 1. The van der Waals surface area contributed by atoms with Crippen molar-refractivity contribution in [3.05, 3.63) is 47.8 Å². The monoisotopic (exact) mass is 422 g/mol. The summed E-state index contributed by atoms with van der Waals surface area (Å²) in [6.07, 6.45) is 6.27. The summed E-state index contributed by atoms with van der Waals surface area (Å²) in [6.45, 7) is 3.62. The van der Waals surface area contributed by atoms with Crippen LogP contribution in [-0.2, 0) is 0 Å². The lowest BCUT2D eigenvalue weighted by atomic mass is 9.90. The van der Waals surface area contributed by atoms with Crippen molar-refractivity contribution in [2.75, 3.05) is 38.2 Å². The van der Waals surface area contributed by atoms with Crippen LogP contribution in [0.25, 0.3) is 0 Å². The number of rotatable bonds is 5. The molecule has 3 aliphatic heterocycles. The SMILES string of the molecule is COc1cccc(C(=O)N2CCCC2C2NNCC2c2ccnc(N3CCCC3)n2)c1. The van der Waals surface area contributed by atoms with Gasteiger partial charge in [0.15, 0.2) is 0 Å². The maximum atomic E-state index is 13.3. The number of hydrogen-bond acceptors (Lipinski definition) is 7. The predicted octanol–water partition coefficient (Wildman–Crippen LogP) is 1.95. The maximum Gasteiger partial charge on any atom is 0.254 e. The molecular weight excluding hydrogens is 392 g/mol. The lowest BCUT2D eigenvalue weighted by Crippen LogP contribution is -2.50. The number of carbonyl (C=O) groups is 1. The molecule has 3 saturated heterocycles. The van der Waals surface area contributed by atoms with Crippen molar-refractivity contribution in [2.45, 2.75) is 43.7 Å². The van der Waals surface area contributed by atoms with Crippen LogP contribution in [0.1, 0.15) is 47.7 Å². The minimum Gasteiger partial charge on any atom is -0.497 e. The van der Waals surface area contributed by atoms with Gasteiger partial charge in [0.05, 0.1) is 18.8 Å². The lowest BCUT2D eigenvalue weighted by Gasteiger charge is -2.32. The number of likely N-dealkylation sites (tertiary alicyclic amines) is 1. The standard InChI is InChI=1S/C23H30N6O2/c1-31-17-7-4-6-16(14-17)22(30)29-13-5-8-20(29)21-18(15-25-27-21)19-9-10-24-23(26-19)28-11-2-3-12-28/h4,6-7,9-10,14,18,20-21,25,27H,2-3,5,8,11-13,15H2,1H3. The molecule has 0 spiro atoms. The number of amides is 1. The van der Waals surface area contributed by atoms with E-state index in [0.29, 0.717) is 11.3 Å². The van der Waals surface area contributed by atoms with Crippen molar-refractivity contribution in [1.82, 2.24) is 25.7 Å². The average molecular weight is 423 g/mol. The second-order valence-corrected chi connectivity index (χ2v) is 8.57. The number of anilines is 1. The molecular formula is C23H30N6O2. The molecule has 2 N–H and O–H groups in total. The number of nitrogens with one attached hydrogen (secondary N) is 2. The zero-order valence-corrected chi connectivity index (χ0v) is 18.0. The molecule has 8 nitrogen and oxygen atoms in total. The molecule has 1 aromatic carbocycles. The highest BCUT2D eigenvalue weighted by Gasteiger charge is 2.42. The summed E-state index contributed by atoms with van der Waals surface area (Å²) in [4.78, 5) is 27.1. The fraction of sp³-hybridized carbons (Fsp3) is 0.522. The van der Waals surface area contributed by atoms with E-state index < -0.39 is 0 Å². The fourth-order valence-corrected chi connectivity index (χ4v) is 5.15. The van der Waals surface area contributed by atoms with Gasteiger partial charge in [-0.25, -0.2) is 9.97 Å². The maximum absolute atomic E-state index is 13.3. The van der Waals surface area contributed by atoms with Gasteiger partial charge < -0.3 is 14.5 Å². The van der Waals surface area contributed by atoms with Crippen LogP contribution in [0.2, 0.25) is 0 Å². The van der Waals surface area contributed by atoms with Crippen LogP contribution in [0.3, 0.4) is 0 Å². The minimum absolute atomic E-state index is 0.0642. The third kappa shape index (κ3) is 3.97. The summed E-state index contributed by atoms with van der Waals surface area (Å²) < 4.78 is 5.31. The van der Waals surface area contributed by atoms with E-state index in [0.717, 1.165) is 50.7 Å². The first-order chi connectivity index (χ1) is 15.2. The molecule has 4 heterocycles. The van der Waals surface area contributed by atoms with Gasteiger partial charge >= 0.3 is 0 Å². The minimum atomic E-state index is 0.0642. The molecule has 0 aliphatic carbocycles. The van der Waals surface area contributed by atoms with Crippen LogP contribution in [0.4, 0.5) is 5.95 Å². The van der Waals surface area contributed by atoms with E-state index in [9.17, 15) is 4.79 Å². The molecule has 3 fully saturated rings. The molecule has 1 amide bonds. The molecule has 5 rings (SSSR count). The normalized spacial score (nSPS) is 25.9. The van der Waals surface area contributed by atoms with Gasteiger partial charge in [-0.3, -0.25) is 15.6 Å². The number of nitrogens with zero attached hydrogens (tertiary/aromatic N) is 4. The van der Waals surface area contributed by atoms with Gasteiger partial charge in [-0.1, -0.05) is 6.07 Å². The van der Waals surface area contributed by atoms with Crippen molar-refractivity contribution >= 4 is 11.9 Å². The van der Waals surface area contributed by atoms with Crippen LogP contribution in [0.5, 0.6) is 5.75 Å². The van der Waals surface area contributed by atoms with Gasteiger partial charge in [0, 0.05) is 49.9 Å². The third-order valence-electron chi connectivity index (χ3n) is 6.75. The zero-order chi connectivity index (χ0) is 21.2. The van der Waals surface area contributed by atoms with E-state index in [1.165, 1.54) is 12.8 Å². The fourth-order valence-electron chi connectivity index (χ4n) is 5.15. The Kier molecular flexibility index (Phi) is 5.74. The van der Waals surface area contributed by atoms with Crippen LogP contribution in [0, 0.1) is 0 Å². The quantitative estimate of drug-likeness (QED) is 0.762. The Labute approximate surface area is 183 Å². The number of aromatic nitrogens is 2. The Morgan fingerprint density at radius 3 is 2.87 bits per heavy atom. The Hall–Kier alpha value is -2.71. The highest BCUT2D eigenvalue weighted by atomic mass is 16.5. The van der Waals surface area contributed by atoms with Crippen LogP contribution < -0.4 is 20.5 Å². The van der Waals surface area contributed by atoms with E-state index in [2.05, 4.69) is 20.7 Å². The molecule has 31 heavy (non-hydrogen) atoms. The van der Waals surface area contributed by atoms with Crippen molar-refractivity contribution in [2.24, 2.45) is 0 Å². The van der Waals surface area contributed by atoms with Crippen LogP contribution in [-0.4, -0.2) is 66.1 Å². The first-order valence-corrected chi connectivity index (χ1v) is 11.3. The molecule has 0 saturated carbocycles. The topological polar surface area (TPSA) is 82.6 Å². The van der Waals surface area contributed by atoms with E-state index in [4.69, 9.17) is 9.72 Å². The smallest absolute Gasteiger partial charge is 0.254 e. The van der Waals surface area contributed by atoms with Crippen LogP contribution >= 0.6 is 0 Å². The molecule has 8 heteroatoms. The van der Waals surface area contributed by atoms with Gasteiger partial charge in [-0.05, 0) is 49.9 Å². The number of methoxy groups -OCH3 is 1. The van der Waals surface area contributed by atoms with Crippen LogP contribution in [0.15, 0.2) is 36.5 Å². The largest absolute Gasteiger partial charge is 0.497 e. The van der Waals surface area contributed by atoms with Crippen molar-refractivity contribution in [1.29, 1.82) is 0 Å². The Bertz CT molecular complexity index is 932. The molecule has 2 aromatic rings. The highest BCUT2D eigenvalue weighted by Crippen LogP contribution is 2.32. The van der Waals surface area contributed by atoms with Gasteiger partial charge in [-0.15, -0.1) is 0 Å². The molecule has 3 unspecified atom stereocenters. The molecule has 0 radical (unpaired) electrons. The number of hydrogen-bond donors (Lipinski definition) is 2.